The van der Waals surface area contributed by atoms with Crippen molar-refractivity contribution < 1.29 is 5.48 Å². The van der Waals surface area contributed by atoms with Gasteiger partial charge in [-0.15, -0.1) is 0 Å². The lowest BCUT2D eigenvalue weighted by Gasteiger charge is -0.00100. The minimum atomic E-state index is 0. The highest BCUT2D eigenvalue weighted by atomic mass is 31.0. The molecule has 0 bridgehead atoms. The van der Waals surface area contributed by atoms with Crippen LogP contribution in [0.25, 0.3) is 0 Å². The zero-order valence-corrected chi connectivity index (χ0v) is 4.93. The molecule has 5 heavy (non-hydrogen) atoms. The van der Waals surface area contributed by atoms with E-state index in [0.717, 1.165) is 0 Å². The number of hydrogen-bond acceptors (Lipinski definition) is 0. The molecule has 0 unspecified atom stereocenters. The predicted octanol–water partition coefficient (Wildman–Crippen LogP) is 2.55. The minimum absolute atomic E-state index is 0. The highest BCUT2D eigenvalue weighted by Gasteiger charge is 0.00400. The largest absolute Gasteiger partial charge is 0 e. The summed E-state index contributed by atoms with van der Waals surface area (Å²) >= 11 is 0. The van der Waals surface area contributed by atoms with Crippen LogP contribution in [0.1, 0.15) is 0 Å². The Morgan fingerprint density at radius 3 is 0.600 bits per heavy atom. The second-order valence-electron chi connectivity index (χ2n) is 0. The summed E-state index contributed by atoms with van der Waals surface area (Å²) in [7, 11) is 0. The first-order chi connectivity index (χ1) is 0. The highest BCUT2D eigenvalue weighted by Crippen LogP contribution is 0.863. The van der Waals surface area contributed by atoms with Gasteiger partial charge in [0, 0.05) is 42.6 Å². The molecule has 0 rings (SSSR count). The molecule has 0 spiro atoms. The summed E-state index contributed by atoms with van der Waals surface area (Å²) in [6.45, 7) is 0. The lowest BCUT2D eigenvalue weighted by Crippen LogP contribution is -0.119. The van der Waals surface area contributed by atoms with Crippen LogP contribution in [0.4, 0.5) is 0 Å². The Kier molecular flexibility index (Phi) is 1340. The van der Waals surface area contributed by atoms with Crippen molar-refractivity contribution in [1.82, 2.24) is 0 Å². The summed E-state index contributed by atoms with van der Waals surface area (Å²) in [5, 5.41) is 0. The summed E-state index contributed by atoms with van der Waals surface area (Å²) in [5.41, 5.74) is 0. The van der Waals surface area contributed by atoms with E-state index in [1.54, 1.807) is 0 Å². The molecule has 0 saturated carbocycles. The molecule has 0 aliphatic heterocycles. The van der Waals surface area contributed by atoms with E-state index in [0.29, 0.717) is 0 Å². The molecule has 0 N–H and O–H groups in total. The number of hydrogen-bond donors (Lipinski definition) is 0. The van der Waals surface area contributed by atoms with Gasteiger partial charge in [0.05, 0.1) is 0 Å². The average Bonchev–Trinajstić information content (AvgIpc) is 0. The molecule has 0 amide bonds. The molecule has 0 atom stereocenters. The van der Waals surface area contributed by atoms with Gasteiger partial charge in [-0.2, -0.15) is 0 Å². The van der Waals surface area contributed by atoms with Crippen LogP contribution < -0.4 is 0 Å². The van der Waals surface area contributed by atoms with E-state index in [1.807, 2.05) is 0 Å². The van der Waals surface area contributed by atoms with Gasteiger partial charge in [-0.05, 0) is 0 Å². The third kappa shape index (κ3) is 35.5. The minimum Gasteiger partial charge on any atom is 0 e. The Labute approximate surface area is 43.5 Å². The molecular formula is COP3. The maximum absolute atomic E-state index is 0. The maximum atomic E-state index is 0. The topological polar surface area (TPSA) is 28.5 Å². The van der Waals surface area contributed by atoms with Gasteiger partial charge in [0.2, 0.25) is 0 Å². The van der Waals surface area contributed by atoms with Gasteiger partial charge >= 0.3 is 0 Å². The molecule has 0 fully saturated rings. The summed E-state index contributed by atoms with van der Waals surface area (Å²) in [5.74, 6) is 0. The normalized spacial score (nSPS) is 0. The lowest BCUT2D eigenvalue weighted by molar-refractivity contribution is 0.686. The van der Waals surface area contributed by atoms with Crippen molar-refractivity contribution in [2.24, 2.45) is 0 Å². The predicted molar refractivity (Wildman–Crippen MR) is 24.7 cm³/mol. The highest BCUT2D eigenvalue weighted by molar-refractivity contribution is 6.92. The van der Waals surface area contributed by atoms with E-state index < -0.39 is 0 Å². The fraction of sp³-hybridized carbons (Fsp3) is 0. The Balaban J connectivity index is 0. The van der Waals surface area contributed by atoms with Crippen molar-refractivity contribution in [2.45, 2.75) is 0 Å². The first-order valence-corrected chi connectivity index (χ1v) is 0. The maximum Gasteiger partial charge on any atom is 0 e. The van der Waals surface area contributed by atoms with E-state index in [4.69, 9.17) is 0 Å². The second kappa shape index (κ2) is 60.7. The Morgan fingerprint density at radius 1 is 0.600 bits per heavy atom. The van der Waals surface area contributed by atoms with Gasteiger partial charge in [-0.3, -0.25) is 0 Å². The van der Waals surface area contributed by atoms with Crippen molar-refractivity contribution in [3.63, 3.8) is 0 Å². The molecule has 25 valence electrons. The fourth-order valence-corrected chi connectivity index (χ4v) is 0. The Morgan fingerprint density at radius 2 is 0.600 bits per heavy atom. The molecule has 15 radical (unpaired) electrons. The zero-order valence-electron chi connectivity index (χ0n) is 2.25. The van der Waals surface area contributed by atoms with Gasteiger partial charge in [0.15, 0.2) is 0 Å². The van der Waals surface area contributed by atoms with Crippen LogP contribution in [-0.4, -0.2) is 0 Å². The first kappa shape index (κ1) is 110. The molecule has 0 heterocycles. The molecule has 0 aromatic carbocycles. The Hall–Kier alpha value is 1.25. The lowest BCUT2D eigenvalue weighted by atomic mass is 12.0. The third-order valence-corrected chi connectivity index (χ3v) is 0. The van der Waals surface area contributed by atoms with Crippen molar-refractivity contribution in [3.05, 3.63) is 7.43 Å². The smallest absolute Gasteiger partial charge is 0 e. The summed E-state index contributed by atoms with van der Waals surface area (Å²) in [6, 6.07) is 0. The summed E-state index contributed by atoms with van der Waals surface area (Å²) < 4.78 is 0. The SMILES string of the molecule is [C].[O].[P].[P].[P]. The van der Waals surface area contributed by atoms with E-state index in [9.17, 15) is 0 Å². The quantitative estimate of drug-likeness (QED) is 0.440. The van der Waals surface area contributed by atoms with Crippen LogP contribution in [0.15, 0.2) is 0 Å². The van der Waals surface area contributed by atoms with E-state index in [-0.39, 0.29) is 42.6 Å². The molecule has 0 aromatic heterocycles. The molecule has 0 saturated heterocycles. The van der Waals surface area contributed by atoms with Gasteiger partial charge in [0.25, 0.3) is 0 Å². The van der Waals surface area contributed by atoms with Crippen LogP contribution >= 0.6 is 29.7 Å². The van der Waals surface area contributed by atoms with Gasteiger partial charge in [-0.1, -0.05) is 0 Å². The monoisotopic (exact) mass is 121 g/mol. The molecule has 1 nitrogen and oxygen atoms in total. The van der Waals surface area contributed by atoms with Crippen molar-refractivity contribution in [3.8, 4) is 0 Å². The van der Waals surface area contributed by atoms with Crippen LogP contribution in [0, 0.1) is 7.43 Å². The van der Waals surface area contributed by atoms with E-state index >= 15 is 0 Å². The van der Waals surface area contributed by atoms with Crippen molar-refractivity contribution in [2.75, 3.05) is 0 Å². The van der Waals surface area contributed by atoms with E-state index in [2.05, 4.69) is 0 Å². The fourth-order valence-electron chi connectivity index (χ4n) is 0. The van der Waals surface area contributed by atoms with Crippen LogP contribution in [-0.2, 0) is 5.48 Å². The second-order valence-corrected chi connectivity index (χ2v) is 0. The van der Waals surface area contributed by atoms with Gasteiger partial charge in [0.1, 0.15) is 0 Å². The average molecular weight is 121 g/mol. The first-order valence-electron chi connectivity index (χ1n) is 0. The van der Waals surface area contributed by atoms with Crippen molar-refractivity contribution in [1.29, 1.82) is 0 Å². The third-order valence-electron chi connectivity index (χ3n) is 0. The summed E-state index contributed by atoms with van der Waals surface area (Å²) in [4.78, 5) is 0. The van der Waals surface area contributed by atoms with Crippen molar-refractivity contribution >= 4 is 29.7 Å². The van der Waals surface area contributed by atoms with Gasteiger partial charge < -0.3 is 0 Å². The Bertz CT molecular complexity index is 6.85. The summed E-state index contributed by atoms with van der Waals surface area (Å²) in [6.07, 6.45) is 0. The molecule has 0 aliphatic rings. The van der Waals surface area contributed by atoms with Crippen LogP contribution in [0.5, 0.6) is 0 Å². The van der Waals surface area contributed by atoms with Gasteiger partial charge in [-0.25, -0.2) is 0 Å². The standard InChI is InChI=1S/C.O.3P. The molecule has 0 aliphatic carbocycles. The van der Waals surface area contributed by atoms with Crippen LogP contribution in [0.3, 0.4) is 0 Å². The zero-order chi connectivity index (χ0) is 0. The number of rotatable bonds is 0. The van der Waals surface area contributed by atoms with E-state index in [1.165, 1.54) is 0 Å². The molecule has 4 heteroatoms. The van der Waals surface area contributed by atoms with Crippen LogP contribution in [0.2, 0.25) is 0 Å². The molecule has 0 aromatic rings. The molecular weight excluding hydrogens is 121 g/mol.